The molecule has 0 N–H and O–H groups in total. The Balaban J connectivity index is 1.60. The van der Waals surface area contributed by atoms with Crippen LogP contribution in [0.25, 0.3) is 17.4 Å². The van der Waals surface area contributed by atoms with Gasteiger partial charge in [0.25, 0.3) is 5.91 Å². The zero-order valence-electron chi connectivity index (χ0n) is 14.6. The number of nitrogens with zero attached hydrogens (tertiary/aromatic N) is 1. The van der Waals surface area contributed by atoms with Gasteiger partial charge in [-0.1, -0.05) is 54.3 Å². The summed E-state index contributed by atoms with van der Waals surface area (Å²) in [5.41, 5.74) is 0.218. The number of halogens is 3. The largest absolute Gasteiger partial charge is 0.457 e. The molecule has 1 fully saturated rings. The summed E-state index contributed by atoms with van der Waals surface area (Å²) in [6.45, 7) is 0. The van der Waals surface area contributed by atoms with Crippen LogP contribution in [0.1, 0.15) is 11.3 Å². The van der Waals surface area contributed by atoms with Crippen molar-refractivity contribution in [2.24, 2.45) is 0 Å². The normalized spacial score (nSPS) is 16.1. The van der Waals surface area contributed by atoms with Crippen LogP contribution in [0.3, 0.4) is 0 Å². The summed E-state index contributed by atoms with van der Waals surface area (Å²) in [6.07, 6.45) is -2.89. The predicted molar refractivity (Wildman–Crippen MR) is 111 cm³/mol. The number of hydrogen-bond acceptors (Lipinski definition) is 4. The molecular formula is C21H12F3NO2S2. The summed E-state index contributed by atoms with van der Waals surface area (Å²) in [5, 5.41) is 0. The van der Waals surface area contributed by atoms with Gasteiger partial charge >= 0.3 is 6.18 Å². The minimum atomic E-state index is -4.43. The predicted octanol–water partition coefficient (Wildman–Crippen LogP) is 6.37. The molecule has 29 heavy (non-hydrogen) atoms. The van der Waals surface area contributed by atoms with Gasteiger partial charge in [-0.15, -0.1) is 0 Å². The number of rotatable bonds is 3. The van der Waals surface area contributed by atoms with Crippen molar-refractivity contribution in [1.82, 2.24) is 0 Å². The Bertz CT molecular complexity index is 1120. The van der Waals surface area contributed by atoms with Crippen LogP contribution in [0.5, 0.6) is 0 Å². The Hall–Kier alpha value is -2.84. The first-order valence-electron chi connectivity index (χ1n) is 8.43. The van der Waals surface area contributed by atoms with E-state index in [2.05, 4.69) is 0 Å². The Labute approximate surface area is 173 Å². The van der Waals surface area contributed by atoms with E-state index in [0.29, 0.717) is 26.2 Å². The van der Waals surface area contributed by atoms with Gasteiger partial charge in [0.2, 0.25) is 0 Å². The molecule has 4 rings (SSSR count). The summed E-state index contributed by atoms with van der Waals surface area (Å²) in [5.74, 6) is 0.357. The first-order chi connectivity index (χ1) is 13.8. The molecule has 8 heteroatoms. The van der Waals surface area contributed by atoms with Gasteiger partial charge in [-0.05, 0) is 36.4 Å². The maximum atomic E-state index is 12.9. The number of carbonyl (C=O) groups excluding carboxylic acids is 1. The molecule has 0 aliphatic carbocycles. The zero-order valence-corrected chi connectivity index (χ0v) is 16.3. The van der Waals surface area contributed by atoms with Gasteiger partial charge in [0.05, 0.1) is 16.2 Å². The van der Waals surface area contributed by atoms with Crippen LogP contribution in [0.15, 0.2) is 76.1 Å². The first kappa shape index (κ1) is 19.5. The van der Waals surface area contributed by atoms with Gasteiger partial charge in [-0.25, -0.2) is 0 Å². The molecule has 3 nitrogen and oxygen atoms in total. The van der Waals surface area contributed by atoms with Crippen molar-refractivity contribution in [3.63, 3.8) is 0 Å². The van der Waals surface area contributed by atoms with Crippen LogP contribution >= 0.6 is 24.0 Å². The molecule has 0 bridgehead atoms. The highest BCUT2D eigenvalue weighted by Gasteiger charge is 2.33. The molecule has 146 valence electrons. The quantitative estimate of drug-likeness (QED) is 0.356. The fourth-order valence-electron chi connectivity index (χ4n) is 2.83. The van der Waals surface area contributed by atoms with Crippen molar-refractivity contribution < 1.29 is 22.4 Å². The minimum absolute atomic E-state index is 0.275. The van der Waals surface area contributed by atoms with E-state index in [9.17, 15) is 18.0 Å². The molecular weight excluding hydrogens is 419 g/mol. The van der Waals surface area contributed by atoms with Gasteiger partial charge < -0.3 is 4.42 Å². The summed E-state index contributed by atoms with van der Waals surface area (Å²) >= 11 is 6.46. The molecule has 1 aromatic heterocycles. The third-order valence-electron chi connectivity index (χ3n) is 4.18. The Morgan fingerprint density at radius 1 is 1.00 bits per heavy atom. The van der Waals surface area contributed by atoms with Gasteiger partial charge in [-0.3, -0.25) is 9.69 Å². The fourth-order valence-corrected chi connectivity index (χ4v) is 4.11. The second-order valence-electron chi connectivity index (χ2n) is 6.13. The van der Waals surface area contributed by atoms with Gasteiger partial charge in [0.15, 0.2) is 4.32 Å². The summed E-state index contributed by atoms with van der Waals surface area (Å²) in [6, 6.07) is 17.1. The lowest BCUT2D eigenvalue weighted by Crippen LogP contribution is -2.27. The van der Waals surface area contributed by atoms with Crippen molar-refractivity contribution in [2.45, 2.75) is 6.18 Å². The number of alkyl halides is 3. The fraction of sp³-hybridized carbons (Fsp3) is 0.0476. The highest BCUT2D eigenvalue weighted by molar-refractivity contribution is 8.27. The van der Waals surface area contributed by atoms with E-state index in [1.165, 1.54) is 17.0 Å². The Kier molecular flexibility index (Phi) is 5.06. The van der Waals surface area contributed by atoms with E-state index < -0.39 is 11.7 Å². The first-order valence-corrected chi connectivity index (χ1v) is 9.66. The number of thiocarbonyl (C=S) groups is 1. The van der Waals surface area contributed by atoms with Crippen molar-refractivity contribution >= 4 is 46.0 Å². The second kappa shape index (κ2) is 7.53. The number of para-hydroxylation sites is 1. The highest BCUT2D eigenvalue weighted by Crippen LogP contribution is 2.37. The zero-order chi connectivity index (χ0) is 20.6. The molecule has 2 heterocycles. The lowest BCUT2D eigenvalue weighted by Gasteiger charge is -2.13. The van der Waals surface area contributed by atoms with E-state index in [-0.39, 0.29) is 11.7 Å². The summed E-state index contributed by atoms with van der Waals surface area (Å²) < 4.78 is 44.8. The molecule has 0 radical (unpaired) electrons. The van der Waals surface area contributed by atoms with Crippen molar-refractivity contribution in [3.05, 3.63) is 83.0 Å². The molecule has 1 aliphatic rings. The molecule has 3 aromatic rings. The SMILES string of the molecule is O=C1/C(=C\c2ccc(-c3cccc(C(F)(F)F)c3)o2)SC(=S)N1c1ccccc1. The van der Waals surface area contributed by atoms with Gasteiger partial charge in [0, 0.05) is 11.6 Å². The monoisotopic (exact) mass is 431 g/mol. The number of hydrogen-bond donors (Lipinski definition) is 0. The third kappa shape index (κ3) is 3.99. The maximum Gasteiger partial charge on any atom is 0.416 e. The van der Waals surface area contributed by atoms with Crippen LogP contribution in [-0.2, 0) is 11.0 Å². The molecule has 2 aromatic carbocycles. The molecule has 1 amide bonds. The number of amides is 1. The third-order valence-corrected chi connectivity index (χ3v) is 5.48. The Morgan fingerprint density at radius 3 is 2.48 bits per heavy atom. The van der Waals surface area contributed by atoms with Gasteiger partial charge in [0.1, 0.15) is 11.5 Å². The Morgan fingerprint density at radius 2 is 1.76 bits per heavy atom. The maximum absolute atomic E-state index is 12.9. The molecule has 0 spiro atoms. The second-order valence-corrected chi connectivity index (χ2v) is 7.81. The summed E-state index contributed by atoms with van der Waals surface area (Å²) in [4.78, 5) is 14.5. The number of anilines is 1. The molecule has 1 aliphatic heterocycles. The molecule has 0 unspecified atom stereocenters. The van der Waals surface area contributed by atoms with Crippen LogP contribution in [0.4, 0.5) is 18.9 Å². The van der Waals surface area contributed by atoms with Crippen LogP contribution < -0.4 is 4.90 Å². The van der Waals surface area contributed by atoms with Crippen molar-refractivity contribution in [3.8, 4) is 11.3 Å². The van der Waals surface area contributed by atoms with Gasteiger partial charge in [-0.2, -0.15) is 13.2 Å². The summed E-state index contributed by atoms with van der Waals surface area (Å²) in [7, 11) is 0. The van der Waals surface area contributed by atoms with E-state index in [1.807, 2.05) is 18.2 Å². The van der Waals surface area contributed by atoms with Crippen LogP contribution in [-0.4, -0.2) is 10.2 Å². The number of benzene rings is 2. The van der Waals surface area contributed by atoms with Crippen LogP contribution in [0.2, 0.25) is 0 Å². The lowest BCUT2D eigenvalue weighted by atomic mass is 10.1. The van der Waals surface area contributed by atoms with E-state index >= 15 is 0 Å². The van der Waals surface area contributed by atoms with E-state index in [1.54, 1.807) is 30.3 Å². The number of furan rings is 1. The number of thioether (sulfide) groups is 1. The van der Waals surface area contributed by atoms with Crippen molar-refractivity contribution in [1.29, 1.82) is 0 Å². The standard InChI is InChI=1S/C21H12F3NO2S2/c22-21(23,24)14-6-4-5-13(11-14)17-10-9-16(27-17)12-18-19(26)25(20(28)29-18)15-7-2-1-3-8-15/h1-12H/b18-12+. The van der Waals surface area contributed by atoms with E-state index in [0.717, 1.165) is 23.9 Å². The molecule has 1 saturated heterocycles. The topological polar surface area (TPSA) is 33.5 Å². The van der Waals surface area contributed by atoms with E-state index in [4.69, 9.17) is 16.6 Å². The number of carbonyl (C=O) groups is 1. The lowest BCUT2D eigenvalue weighted by molar-refractivity contribution is -0.137. The smallest absolute Gasteiger partial charge is 0.416 e. The average molecular weight is 431 g/mol. The highest BCUT2D eigenvalue weighted by atomic mass is 32.2. The molecule has 0 atom stereocenters. The average Bonchev–Trinajstić information content (AvgIpc) is 3.27. The molecule has 0 saturated carbocycles. The minimum Gasteiger partial charge on any atom is -0.457 e. The van der Waals surface area contributed by atoms with Crippen molar-refractivity contribution in [2.75, 3.05) is 4.90 Å². The van der Waals surface area contributed by atoms with Crippen LogP contribution in [0, 0.1) is 0 Å².